The second-order valence-electron chi connectivity index (χ2n) is 6.03. The molecule has 1 aromatic carbocycles. The van der Waals surface area contributed by atoms with Crippen molar-refractivity contribution in [2.24, 2.45) is 0 Å². The normalized spacial score (nSPS) is 17.2. The molecule has 1 aliphatic heterocycles. The Morgan fingerprint density at radius 2 is 2.12 bits per heavy atom. The first-order valence-electron chi connectivity index (χ1n) is 7.78. The van der Waals surface area contributed by atoms with E-state index in [-0.39, 0.29) is 31.1 Å². The van der Waals surface area contributed by atoms with Gasteiger partial charge in [0.1, 0.15) is 5.82 Å². The van der Waals surface area contributed by atoms with Gasteiger partial charge in [0.2, 0.25) is 11.8 Å². The number of rotatable bonds is 6. The molecule has 0 aliphatic carbocycles. The molecular formula is C16H19F4N3O2. The van der Waals surface area contributed by atoms with E-state index in [1.807, 2.05) is 0 Å². The van der Waals surface area contributed by atoms with Gasteiger partial charge in [0.05, 0.1) is 12.5 Å². The number of carbonyl (C=O) groups excluding carboxylic acids is 2. The summed E-state index contributed by atoms with van der Waals surface area (Å²) in [6, 6.07) is 3.81. The minimum Gasteiger partial charge on any atom is -0.356 e. The molecule has 2 amide bonds. The van der Waals surface area contributed by atoms with Crippen LogP contribution in [-0.2, 0) is 9.59 Å². The van der Waals surface area contributed by atoms with Gasteiger partial charge in [-0.05, 0) is 37.7 Å². The minimum atomic E-state index is -4.26. The minimum absolute atomic E-state index is 0.0571. The standard InChI is InChI=1S/C16H19F4N3O2/c1-23(9-16(18,19)20)6-2-5-21-15(25)12-8-14(24)22-13-7-10(17)3-4-11(12)13/h3-4,7,12H,2,5-6,8-9H2,1H3,(H,21,25)(H,22,24)/t12-/m0/s1. The Morgan fingerprint density at radius 3 is 2.80 bits per heavy atom. The Kier molecular flexibility index (Phi) is 5.99. The van der Waals surface area contributed by atoms with Crippen molar-refractivity contribution in [1.82, 2.24) is 10.2 Å². The van der Waals surface area contributed by atoms with Crippen LogP contribution in [0.2, 0.25) is 0 Å². The molecule has 1 aromatic rings. The Labute approximate surface area is 142 Å². The number of hydrogen-bond acceptors (Lipinski definition) is 3. The van der Waals surface area contributed by atoms with Crippen LogP contribution >= 0.6 is 0 Å². The second-order valence-corrected chi connectivity index (χ2v) is 6.03. The van der Waals surface area contributed by atoms with Gasteiger partial charge in [-0.15, -0.1) is 0 Å². The zero-order valence-electron chi connectivity index (χ0n) is 13.6. The molecule has 0 aromatic heterocycles. The molecule has 0 bridgehead atoms. The van der Waals surface area contributed by atoms with Gasteiger partial charge in [0, 0.05) is 18.7 Å². The van der Waals surface area contributed by atoms with Crippen molar-refractivity contribution < 1.29 is 27.2 Å². The highest BCUT2D eigenvalue weighted by atomic mass is 19.4. The highest BCUT2D eigenvalue weighted by molar-refractivity contribution is 6.01. The van der Waals surface area contributed by atoms with Gasteiger partial charge in [-0.25, -0.2) is 4.39 Å². The third-order valence-electron chi connectivity index (χ3n) is 3.84. The number of nitrogens with one attached hydrogen (secondary N) is 2. The first kappa shape index (κ1) is 19.2. The molecule has 0 saturated heterocycles. The van der Waals surface area contributed by atoms with Gasteiger partial charge in [-0.1, -0.05) is 6.07 Å². The fourth-order valence-corrected chi connectivity index (χ4v) is 2.74. The van der Waals surface area contributed by atoms with Gasteiger partial charge < -0.3 is 10.6 Å². The van der Waals surface area contributed by atoms with Gasteiger partial charge in [-0.3, -0.25) is 14.5 Å². The van der Waals surface area contributed by atoms with E-state index in [0.717, 1.165) is 11.0 Å². The van der Waals surface area contributed by atoms with E-state index in [1.54, 1.807) is 0 Å². The molecule has 2 N–H and O–H groups in total. The SMILES string of the molecule is CN(CCCNC(=O)[C@H]1CC(=O)Nc2cc(F)ccc21)CC(F)(F)F. The molecule has 25 heavy (non-hydrogen) atoms. The van der Waals surface area contributed by atoms with Crippen LogP contribution in [0.15, 0.2) is 18.2 Å². The van der Waals surface area contributed by atoms with E-state index in [4.69, 9.17) is 0 Å². The monoisotopic (exact) mass is 361 g/mol. The van der Waals surface area contributed by atoms with Gasteiger partial charge in [0.15, 0.2) is 0 Å². The molecular weight excluding hydrogens is 342 g/mol. The molecule has 2 rings (SSSR count). The van der Waals surface area contributed by atoms with E-state index in [9.17, 15) is 27.2 Å². The molecule has 1 aliphatic rings. The lowest BCUT2D eigenvalue weighted by atomic mass is 9.89. The molecule has 0 spiro atoms. The fraction of sp³-hybridized carbons (Fsp3) is 0.500. The van der Waals surface area contributed by atoms with Crippen LogP contribution in [0.3, 0.4) is 0 Å². The van der Waals surface area contributed by atoms with Crippen LogP contribution in [0.4, 0.5) is 23.2 Å². The average Bonchev–Trinajstić information content (AvgIpc) is 2.48. The summed E-state index contributed by atoms with van der Waals surface area (Å²) in [4.78, 5) is 25.1. The Hall–Kier alpha value is -2.16. The van der Waals surface area contributed by atoms with E-state index >= 15 is 0 Å². The largest absolute Gasteiger partial charge is 0.401 e. The van der Waals surface area contributed by atoms with Crippen LogP contribution in [0.1, 0.15) is 24.3 Å². The van der Waals surface area contributed by atoms with Crippen LogP contribution in [0.5, 0.6) is 0 Å². The quantitative estimate of drug-likeness (QED) is 0.604. The first-order chi connectivity index (χ1) is 11.7. The number of nitrogens with zero attached hydrogens (tertiary/aromatic N) is 1. The lowest BCUT2D eigenvalue weighted by Crippen LogP contribution is -2.37. The molecule has 1 heterocycles. The number of anilines is 1. The predicted octanol–water partition coefficient (Wildman–Crippen LogP) is 2.25. The van der Waals surface area contributed by atoms with Gasteiger partial charge >= 0.3 is 6.18 Å². The summed E-state index contributed by atoms with van der Waals surface area (Å²) in [5.41, 5.74) is 0.786. The zero-order valence-corrected chi connectivity index (χ0v) is 13.6. The first-order valence-corrected chi connectivity index (χ1v) is 7.78. The van der Waals surface area contributed by atoms with Crippen molar-refractivity contribution >= 4 is 17.5 Å². The molecule has 0 unspecified atom stereocenters. The number of carbonyl (C=O) groups is 2. The van der Waals surface area contributed by atoms with Crippen LogP contribution in [-0.4, -0.2) is 49.6 Å². The second kappa shape index (κ2) is 7.81. The lowest BCUT2D eigenvalue weighted by Gasteiger charge is -2.25. The Morgan fingerprint density at radius 1 is 1.40 bits per heavy atom. The molecule has 138 valence electrons. The maximum absolute atomic E-state index is 13.3. The third kappa shape index (κ3) is 5.70. The van der Waals surface area contributed by atoms with Gasteiger partial charge in [0.25, 0.3) is 0 Å². The van der Waals surface area contributed by atoms with Crippen molar-refractivity contribution in [3.05, 3.63) is 29.6 Å². The van der Waals surface area contributed by atoms with Crippen LogP contribution in [0, 0.1) is 5.82 Å². The maximum atomic E-state index is 13.3. The van der Waals surface area contributed by atoms with Crippen molar-refractivity contribution in [2.45, 2.75) is 24.9 Å². The number of halogens is 4. The van der Waals surface area contributed by atoms with Crippen molar-refractivity contribution in [3.63, 3.8) is 0 Å². The Bertz CT molecular complexity index is 649. The van der Waals surface area contributed by atoms with E-state index < -0.39 is 30.4 Å². The number of amides is 2. The Balaban J connectivity index is 1.86. The number of alkyl halides is 3. The summed E-state index contributed by atoms with van der Waals surface area (Å²) >= 11 is 0. The van der Waals surface area contributed by atoms with Crippen molar-refractivity contribution in [3.8, 4) is 0 Å². The van der Waals surface area contributed by atoms with E-state index in [2.05, 4.69) is 10.6 Å². The number of hydrogen-bond donors (Lipinski definition) is 2. The molecule has 9 heteroatoms. The predicted molar refractivity (Wildman–Crippen MR) is 83.6 cm³/mol. The summed E-state index contributed by atoms with van der Waals surface area (Å²) in [6.45, 7) is -0.648. The highest BCUT2D eigenvalue weighted by Gasteiger charge is 2.31. The molecule has 0 fully saturated rings. The molecule has 5 nitrogen and oxygen atoms in total. The van der Waals surface area contributed by atoms with Crippen molar-refractivity contribution in [1.29, 1.82) is 0 Å². The molecule has 0 saturated carbocycles. The molecule has 0 radical (unpaired) electrons. The third-order valence-corrected chi connectivity index (χ3v) is 3.84. The maximum Gasteiger partial charge on any atom is 0.401 e. The smallest absolute Gasteiger partial charge is 0.356 e. The summed E-state index contributed by atoms with van der Waals surface area (Å²) in [6.07, 6.45) is -3.97. The summed E-state index contributed by atoms with van der Waals surface area (Å²) in [7, 11) is 1.35. The lowest BCUT2D eigenvalue weighted by molar-refractivity contribution is -0.143. The zero-order chi connectivity index (χ0) is 18.6. The van der Waals surface area contributed by atoms with Gasteiger partial charge in [-0.2, -0.15) is 13.2 Å². The topological polar surface area (TPSA) is 61.4 Å². The summed E-state index contributed by atoms with van der Waals surface area (Å²) in [5, 5.41) is 5.14. The highest BCUT2D eigenvalue weighted by Crippen LogP contribution is 2.32. The molecule has 1 atom stereocenters. The summed E-state index contributed by atoms with van der Waals surface area (Å²) in [5.74, 6) is -2.05. The fourth-order valence-electron chi connectivity index (χ4n) is 2.74. The van der Waals surface area contributed by atoms with E-state index in [1.165, 1.54) is 19.2 Å². The number of fused-ring (bicyclic) bond motifs is 1. The van der Waals surface area contributed by atoms with Crippen LogP contribution in [0.25, 0.3) is 0 Å². The van der Waals surface area contributed by atoms with E-state index in [0.29, 0.717) is 12.0 Å². The average molecular weight is 361 g/mol. The number of benzene rings is 1. The van der Waals surface area contributed by atoms with Crippen molar-refractivity contribution in [2.75, 3.05) is 32.0 Å². The summed E-state index contributed by atoms with van der Waals surface area (Å²) < 4.78 is 49.9. The van der Waals surface area contributed by atoms with Crippen LogP contribution < -0.4 is 10.6 Å².